The number of amides is 16. The number of anilines is 11. The number of thiophene rings is 4. The number of carbonyl (C=O) groups excluding carboxylic acids is 12. The Balaban J connectivity index is 0.000000133. The van der Waals surface area contributed by atoms with E-state index >= 15 is 0 Å². The summed E-state index contributed by atoms with van der Waals surface area (Å²) in [6.45, 7) is 7.86. The van der Waals surface area contributed by atoms with Crippen molar-refractivity contribution in [3.05, 3.63) is 285 Å². The van der Waals surface area contributed by atoms with Crippen molar-refractivity contribution in [3.8, 4) is 0 Å². The summed E-state index contributed by atoms with van der Waals surface area (Å²) in [6.07, 6.45) is 2.88. The van der Waals surface area contributed by atoms with Gasteiger partial charge in [0.2, 0.25) is 29.5 Å². The second-order valence-corrected chi connectivity index (χ2v) is 47.2. The van der Waals surface area contributed by atoms with Crippen LogP contribution in [-0.4, -0.2) is 181 Å². The summed E-state index contributed by atoms with van der Waals surface area (Å²) < 4.78 is 117. The molecule has 8 aromatic carbocycles. The molecule has 0 aliphatic carbocycles. The second kappa shape index (κ2) is 43.5. The topological polar surface area (TPSA) is 521 Å². The van der Waals surface area contributed by atoms with Crippen LogP contribution in [0.4, 0.5) is 81.7 Å². The number of urea groups is 4. The van der Waals surface area contributed by atoms with Crippen molar-refractivity contribution < 1.29 is 101 Å². The van der Waals surface area contributed by atoms with E-state index in [-0.39, 0.29) is 100 Å². The minimum Gasteiger partial charge on any atom is -0.476 e. The van der Waals surface area contributed by atoms with Crippen LogP contribution in [0, 0.1) is 0 Å². The van der Waals surface area contributed by atoms with Crippen LogP contribution in [0.25, 0.3) is 0 Å². The van der Waals surface area contributed by atoms with Gasteiger partial charge in [0.15, 0.2) is 0 Å². The minimum atomic E-state index is -4.08. The van der Waals surface area contributed by atoms with Crippen molar-refractivity contribution in [2.45, 2.75) is 61.8 Å². The molecule has 0 bridgehead atoms. The molecule has 8 aliphatic heterocycles. The average molecular weight is 2200 g/mol. The number of ether oxygens (including phenoxy) is 2. The quantitative estimate of drug-likeness (QED) is 0.0222. The first-order valence-electron chi connectivity index (χ1n) is 43.9. The van der Waals surface area contributed by atoms with Gasteiger partial charge in [0.05, 0.1) is 85.5 Å². The van der Waals surface area contributed by atoms with Gasteiger partial charge in [-0.2, -0.15) is 0 Å². The van der Waals surface area contributed by atoms with Crippen molar-refractivity contribution >= 4 is 272 Å². The molecule has 16 amide bonds. The number of hydrogen-bond donors (Lipinski definition) is 11. The van der Waals surface area contributed by atoms with E-state index < -0.39 is 93.8 Å². The first kappa shape index (κ1) is 102. The van der Waals surface area contributed by atoms with Gasteiger partial charge in [-0.25, -0.2) is 96.3 Å². The molecule has 39 nitrogen and oxygen atoms in total. The lowest BCUT2D eigenvalue weighted by Gasteiger charge is -2.28. The van der Waals surface area contributed by atoms with Crippen LogP contribution < -0.4 is 75.7 Å². The molecule has 0 saturated carbocycles. The van der Waals surface area contributed by atoms with E-state index in [4.69, 9.17) is 55.9 Å². The third-order valence-electron chi connectivity index (χ3n) is 23.1. The molecule has 51 heteroatoms. The van der Waals surface area contributed by atoms with Gasteiger partial charge >= 0.3 is 24.1 Å². The van der Waals surface area contributed by atoms with E-state index in [9.17, 15) is 91.2 Å². The van der Waals surface area contributed by atoms with E-state index in [1.807, 2.05) is 49.2 Å². The molecule has 11 N–H and O–H groups in total. The number of sulfonamides is 4. The standard InChI is InChI=1S/C27H28ClN5O6S2.C23H17ClN4O6S2.2C22H17ClN4O5S2/c28-23-8-9-25(40-23)41(37,38)31-27(36)30-19-2-5-21(6-3-19)33-24(34)17-18-16-20(4-7-22(18)26(33)35)29-10-1-11-32-12-14-39-15-13-32;24-18-7-8-20(35-18)36(32,33)27-23(31)26-15-2-4-16(5-3-15)28-19(29)12-14-11-13(21-25-9-10-34-21)1-6-17(14)22(28)30;23-18-5-6-20(33-18)34(31,32)26-22(30)25-14-1-3-15(4-2-14)27-19(28)11-13-10-17-12(7-8-24-17)9-16(13)21(27)29;23-18-7-8-20(33-18)34(31,32)26-22(30)25-12-1-3-13(4-2-12)27-19(28)11-16-14-9-10-24-17(14)6-5-15(16)21(27)29/h2-9,16,29H,1,10-15,17H2,(H2,30,31,36);1-8,11H,9-10,12H2,(H2,26,27,31);1-6,9-10,24H,7-8,11H2,(H2,25,26,30);1-8,24H,9-11H2,(H2,25,26,30). The summed E-state index contributed by atoms with van der Waals surface area (Å²) >= 11 is 26.3. The molecule has 748 valence electrons. The lowest BCUT2D eigenvalue weighted by atomic mass is 9.91. The van der Waals surface area contributed by atoms with Gasteiger partial charge in [-0.15, -0.1) is 45.3 Å². The summed E-state index contributed by atoms with van der Waals surface area (Å²) in [6, 6.07) is 48.7. The number of halogens is 4. The number of carbonyl (C=O) groups is 12. The van der Waals surface area contributed by atoms with E-state index in [2.05, 4.69) is 47.1 Å². The molecule has 0 unspecified atom stereocenters. The molecule has 0 atom stereocenters. The molecule has 1 saturated heterocycles. The van der Waals surface area contributed by atoms with Gasteiger partial charge in [0.25, 0.3) is 63.7 Å². The molecule has 145 heavy (non-hydrogen) atoms. The van der Waals surface area contributed by atoms with Crippen molar-refractivity contribution in [1.82, 2.24) is 23.8 Å². The second-order valence-electron chi connectivity index (χ2n) is 32.7. The van der Waals surface area contributed by atoms with Gasteiger partial charge in [-0.1, -0.05) is 46.4 Å². The van der Waals surface area contributed by atoms with Gasteiger partial charge in [0, 0.05) is 100 Å². The average Bonchev–Trinajstić information content (AvgIpc) is 0.915. The van der Waals surface area contributed by atoms with Crippen LogP contribution >= 0.6 is 91.8 Å². The molecular weight excluding hydrogens is 2120 g/mol. The fourth-order valence-electron chi connectivity index (χ4n) is 16.4. The molecule has 8 aliphatic rings. The minimum absolute atomic E-state index is 0.0230. The van der Waals surface area contributed by atoms with Crippen LogP contribution in [0.5, 0.6) is 0 Å². The number of hydrogen-bond acceptors (Lipinski definition) is 31. The zero-order valence-electron chi connectivity index (χ0n) is 75.1. The number of nitrogens with zero attached hydrogens (tertiary/aromatic N) is 6. The smallest absolute Gasteiger partial charge is 0.333 e. The predicted octanol–water partition coefficient (Wildman–Crippen LogP) is 14.4. The zero-order valence-corrected chi connectivity index (χ0v) is 84.6. The molecular formula is C94H79Cl4N17O22S8. The largest absolute Gasteiger partial charge is 0.476 e. The number of benzene rings is 8. The molecule has 12 heterocycles. The van der Waals surface area contributed by atoms with Gasteiger partial charge in [0.1, 0.15) is 23.4 Å². The third-order valence-corrected chi connectivity index (χ3v) is 35.3. The monoisotopic (exact) mass is 2190 g/mol. The maximum Gasteiger partial charge on any atom is 0.333 e. The highest BCUT2D eigenvalue weighted by Gasteiger charge is 2.40. The number of nitrogens with one attached hydrogen (secondary N) is 11. The molecule has 0 radical (unpaired) electrons. The fraction of sp³-hybridized carbons (Fsp3) is 0.181. The summed E-state index contributed by atoms with van der Waals surface area (Å²) in [5.74, 6) is -2.68. The maximum atomic E-state index is 13.2. The van der Waals surface area contributed by atoms with Crippen molar-refractivity contribution in [2.24, 2.45) is 4.99 Å². The highest BCUT2D eigenvalue weighted by Crippen LogP contribution is 2.40. The van der Waals surface area contributed by atoms with Crippen LogP contribution in [0.3, 0.4) is 0 Å². The fourth-order valence-corrected chi connectivity index (χ4v) is 26.0. The van der Waals surface area contributed by atoms with Crippen LogP contribution in [0.2, 0.25) is 17.3 Å². The van der Waals surface area contributed by atoms with E-state index in [1.54, 1.807) is 30.3 Å². The molecule has 12 aromatic rings. The highest BCUT2D eigenvalue weighted by atomic mass is 35.5. The van der Waals surface area contributed by atoms with Crippen LogP contribution in [-0.2, 0) is 107 Å². The SMILES string of the molecule is O=C(Nc1ccc(N2C(=O)Cc3c(ccc4c3CCN4)C2=O)cc1)NS(=O)(=O)c1ccc(Cl)s1.O=C(Nc1ccc(N2C(=O)Cc3cc(C4=NCCO4)ccc3C2=O)cc1)NS(=O)(=O)c1ccc(Cl)s1.O=C(Nc1ccc(N2C(=O)Cc3cc(NCCCN4CCOCC4)ccc3C2=O)cc1)NS(=O)(=O)c1ccc(Cl)s1.O=C(Nc1ccc(N2C(=O)Cc3cc4c(cc3C2=O)CCN4)cc1)NS(=O)(=O)c1ccc(Cl)s1. The van der Waals surface area contributed by atoms with Crippen LogP contribution in [0.1, 0.15) is 86.8 Å². The van der Waals surface area contributed by atoms with Crippen LogP contribution in [0.15, 0.2) is 228 Å². The number of fused-ring (bicyclic) bond motifs is 7. The Bertz CT molecular complexity index is 7660. The molecule has 1 fully saturated rings. The van der Waals surface area contributed by atoms with Crippen molar-refractivity contribution in [3.63, 3.8) is 0 Å². The Labute approximate surface area is 863 Å². The van der Waals surface area contributed by atoms with E-state index in [1.165, 1.54) is 146 Å². The zero-order chi connectivity index (χ0) is 103. The Hall–Kier alpha value is -14.1. The lowest BCUT2D eigenvalue weighted by Crippen LogP contribution is -2.42. The normalized spacial score (nSPS) is 15.3. The van der Waals surface area contributed by atoms with Gasteiger partial charge in [-0.05, 0) is 265 Å². The summed E-state index contributed by atoms with van der Waals surface area (Å²) in [5, 5.41) is 19.5. The first-order valence-corrected chi connectivity index (χ1v) is 54.6. The Kier molecular flexibility index (Phi) is 30.7. The molecule has 0 spiro atoms. The van der Waals surface area contributed by atoms with Gasteiger partial charge < -0.3 is 46.7 Å². The Morgan fingerprint density at radius 1 is 0.366 bits per heavy atom. The summed E-state index contributed by atoms with van der Waals surface area (Å²) in [7, 11) is -16.3. The number of imide groups is 4. The lowest BCUT2D eigenvalue weighted by molar-refractivity contribution is -0.118. The number of rotatable bonds is 22. The number of morpholine rings is 1. The summed E-state index contributed by atoms with van der Waals surface area (Å²) in [4.78, 5) is 164. The highest BCUT2D eigenvalue weighted by molar-refractivity contribution is 7.93. The van der Waals surface area contributed by atoms with Gasteiger partial charge in [-0.3, -0.25) is 43.3 Å². The molecule has 4 aromatic heterocycles. The predicted molar refractivity (Wildman–Crippen MR) is 550 cm³/mol. The number of aliphatic imine (C=N–C) groups is 1. The van der Waals surface area contributed by atoms with Crippen molar-refractivity contribution in [2.75, 3.05) is 122 Å². The Morgan fingerprint density at radius 3 is 1.14 bits per heavy atom. The van der Waals surface area contributed by atoms with E-state index in [0.717, 1.165) is 176 Å². The Morgan fingerprint density at radius 2 is 0.731 bits per heavy atom. The van der Waals surface area contributed by atoms with E-state index in [0.29, 0.717) is 80.7 Å². The summed E-state index contributed by atoms with van der Waals surface area (Å²) in [5.41, 5.74) is 12.6. The maximum absolute atomic E-state index is 13.2. The first-order chi connectivity index (χ1) is 69.3. The van der Waals surface area contributed by atoms with Crippen molar-refractivity contribution in [1.29, 1.82) is 0 Å². The third kappa shape index (κ3) is 23.8. The molecule has 20 rings (SSSR count).